The fourth-order valence-corrected chi connectivity index (χ4v) is 3.66. The van der Waals surface area contributed by atoms with E-state index >= 15 is 0 Å². The predicted molar refractivity (Wildman–Crippen MR) is 118 cm³/mol. The van der Waals surface area contributed by atoms with Crippen molar-refractivity contribution < 1.29 is 14.2 Å². The zero-order valence-corrected chi connectivity index (χ0v) is 18.2. The number of fused-ring (bicyclic) bond motifs is 1. The van der Waals surface area contributed by atoms with Crippen LogP contribution in [-0.2, 0) is 6.54 Å². The fourth-order valence-electron chi connectivity index (χ4n) is 3.66. The van der Waals surface area contributed by atoms with E-state index in [0.717, 1.165) is 42.7 Å². The van der Waals surface area contributed by atoms with E-state index in [2.05, 4.69) is 69.4 Å². The van der Waals surface area contributed by atoms with Crippen molar-refractivity contribution in [3.05, 3.63) is 53.6 Å². The summed E-state index contributed by atoms with van der Waals surface area (Å²) in [4.78, 5) is 0. The topological polar surface area (TPSA) is 39.7 Å². The molecule has 158 valence electrons. The SMILES string of the molecule is CC(C)CC[C@@H](CCNCc1ccc2c(c1)OCO2)c1ccc(OC(C)C)cc1. The highest BCUT2D eigenvalue weighted by molar-refractivity contribution is 5.44. The van der Waals surface area contributed by atoms with Crippen molar-refractivity contribution in [3.63, 3.8) is 0 Å². The van der Waals surface area contributed by atoms with Gasteiger partial charge in [0.1, 0.15) is 5.75 Å². The lowest BCUT2D eigenvalue weighted by atomic mass is 9.88. The maximum absolute atomic E-state index is 5.79. The van der Waals surface area contributed by atoms with E-state index in [0.29, 0.717) is 12.7 Å². The number of hydrogen-bond donors (Lipinski definition) is 1. The standard InChI is InChI=1S/C25H35NO3/c1-18(2)5-7-22(21-8-10-23(11-9-21)29-19(3)4)13-14-26-16-20-6-12-24-25(15-20)28-17-27-24/h6,8-12,15,18-19,22,26H,5,7,13-14,16-17H2,1-4H3/t22-/m0/s1. The minimum atomic E-state index is 0.206. The first-order chi connectivity index (χ1) is 14.0. The Balaban J connectivity index is 1.53. The molecule has 1 N–H and O–H groups in total. The molecular weight excluding hydrogens is 362 g/mol. The normalized spacial score (nSPS) is 13.9. The smallest absolute Gasteiger partial charge is 0.231 e. The lowest BCUT2D eigenvalue weighted by Gasteiger charge is -2.20. The highest BCUT2D eigenvalue weighted by Gasteiger charge is 2.14. The maximum atomic E-state index is 5.79. The lowest BCUT2D eigenvalue weighted by molar-refractivity contribution is 0.174. The molecule has 0 aliphatic carbocycles. The van der Waals surface area contributed by atoms with Crippen LogP contribution in [0, 0.1) is 5.92 Å². The van der Waals surface area contributed by atoms with Crippen LogP contribution in [0.4, 0.5) is 0 Å². The van der Waals surface area contributed by atoms with Gasteiger partial charge < -0.3 is 19.5 Å². The van der Waals surface area contributed by atoms with Crippen LogP contribution >= 0.6 is 0 Å². The van der Waals surface area contributed by atoms with E-state index in [1.807, 2.05) is 6.07 Å². The van der Waals surface area contributed by atoms with E-state index in [9.17, 15) is 0 Å². The van der Waals surface area contributed by atoms with Gasteiger partial charge in [-0.2, -0.15) is 0 Å². The molecule has 29 heavy (non-hydrogen) atoms. The Kier molecular flexibility index (Phi) is 7.82. The molecule has 1 aliphatic heterocycles. The summed E-state index contributed by atoms with van der Waals surface area (Å²) in [6.45, 7) is 10.9. The first kappa shape index (κ1) is 21.5. The van der Waals surface area contributed by atoms with Crippen molar-refractivity contribution >= 4 is 0 Å². The highest BCUT2D eigenvalue weighted by atomic mass is 16.7. The zero-order valence-electron chi connectivity index (χ0n) is 18.2. The Labute approximate surface area is 175 Å². The average Bonchev–Trinajstić information content (AvgIpc) is 3.15. The Morgan fingerprint density at radius 3 is 2.38 bits per heavy atom. The third-order valence-electron chi connectivity index (χ3n) is 5.25. The summed E-state index contributed by atoms with van der Waals surface area (Å²) in [7, 11) is 0. The molecule has 1 heterocycles. The monoisotopic (exact) mass is 397 g/mol. The van der Waals surface area contributed by atoms with Crippen LogP contribution in [0.15, 0.2) is 42.5 Å². The Hall–Kier alpha value is -2.20. The molecule has 0 bridgehead atoms. The van der Waals surface area contributed by atoms with Crippen LogP contribution in [0.3, 0.4) is 0 Å². The number of nitrogens with one attached hydrogen (secondary N) is 1. The van der Waals surface area contributed by atoms with Crippen LogP contribution in [0.25, 0.3) is 0 Å². The second-order valence-electron chi connectivity index (χ2n) is 8.56. The highest BCUT2D eigenvalue weighted by Crippen LogP contribution is 2.32. The van der Waals surface area contributed by atoms with Gasteiger partial charge in [0.05, 0.1) is 6.10 Å². The summed E-state index contributed by atoms with van der Waals surface area (Å²) in [6.07, 6.45) is 3.80. The predicted octanol–water partition coefficient (Wildman–Crippen LogP) is 5.90. The number of rotatable bonds is 11. The molecule has 0 fully saturated rings. The molecule has 4 heteroatoms. The lowest BCUT2D eigenvalue weighted by Crippen LogP contribution is -2.17. The molecule has 0 radical (unpaired) electrons. The van der Waals surface area contributed by atoms with Gasteiger partial charge in [0.15, 0.2) is 11.5 Å². The number of ether oxygens (including phenoxy) is 3. The molecule has 3 rings (SSSR count). The largest absolute Gasteiger partial charge is 0.491 e. The Bertz CT molecular complexity index is 755. The summed E-state index contributed by atoms with van der Waals surface area (Å²) in [5.41, 5.74) is 2.63. The van der Waals surface area contributed by atoms with Crippen molar-refractivity contribution in [2.24, 2.45) is 5.92 Å². The molecule has 0 spiro atoms. The molecule has 1 aliphatic rings. The average molecular weight is 398 g/mol. The second kappa shape index (κ2) is 10.5. The second-order valence-corrected chi connectivity index (χ2v) is 8.56. The van der Waals surface area contributed by atoms with Crippen LogP contribution in [-0.4, -0.2) is 19.4 Å². The van der Waals surface area contributed by atoms with E-state index in [-0.39, 0.29) is 6.10 Å². The van der Waals surface area contributed by atoms with Crippen molar-refractivity contribution in [1.82, 2.24) is 5.32 Å². The van der Waals surface area contributed by atoms with Gasteiger partial charge >= 0.3 is 0 Å². The number of benzene rings is 2. The third-order valence-corrected chi connectivity index (χ3v) is 5.25. The maximum Gasteiger partial charge on any atom is 0.231 e. The molecule has 0 saturated carbocycles. The summed E-state index contributed by atoms with van der Waals surface area (Å²) in [5.74, 6) is 3.93. The van der Waals surface area contributed by atoms with Gasteiger partial charge in [-0.3, -0.25) is 0 Å². The Morgan fingerprint density at radius 2 is 1.66 bits per heavy atom. The molecular formula is C25H35NO3. The Morgan fingerprint density at radius 1 is 0.897 bits per heavy atom. The van der Waals surface area contributed by atoms with E-state index < -0.39 is 0 Å². The molecule has 0 saturated heterocycles. The fraction of sp³-hybridized carbons (Fsp3) is 0.520. The van der Waals surface area contributed by atoms with E-state index in [1.54, 1.807) is 0 Å². The quantitative estimate of drug-likeness (QED) is 0.479. The summed E-state index contributed by atoms with van der Waals surface area (Å²) in [5, 5.41) is 3.60. The van der Waals surface area contributed by atoms with Gasteiger partial charge in [0.2, 0.25) is 6.79 Å². The van der Waals surface area contributed by atoms with Crippen LogP contribution in [0.1, 0.15) is 64.0 Å². The van der Waals surface area contributed by atoms with E-state index in [1.165, 1.54) is 24.0 Å². The first-order valence-corrected chi connectivity index (χ1v) is 10.9. The van der Waals surface area contributed by atoms with Crippen LogP contribution < -0.4 is 19.5 Å². The minimum absolute atomic E-state index is 0.206. The molecule has 4 nitrogen and oxygen atoms in total. The molecule has 2 aromatic carbocycles. The minimum Gasteiger partial charge on any atom is -0.491 e. The number of hydrogen-bond acceptors (Lipinski definition) is 4. The van der Waals surface area contributed by atoms with Gasteiger partial charge in [-0.1, -0.05) is 38.5 Å². The van der Waals surface area contributed by atoms with Crippen LogP contribution in [0.5, 0.6) is 17.2 Å². The molecule has 0 unspecified atom stereocenters. The zero-order chi connectivity index (χ0) is 20.6. The summed E-state index contributed by atoms with van der Waals surface area (Å²) < 4.78 is 16.6. The van der Waals surface area contributed by atoms with Gasteiger partial charge in [-0.05, 0) is 80.5 Å². The van der Waals surface area contributed by atoms with E-state index in [4.69, 9.17) is 14.2 Å². The van der Waals surface area contributed by atoms with Gasteiger partial charge in [-0.15, -0.1) is 0 Å². The molecule has 0 amide bonds. The third kappa shape index (κ3) is 6.67. The summed E-state index contributed by atoms with van der Waals surface area (Å²) >= 11 is 0. The summed E-state index contributed by atoms with van der Waals surface area (Å²) in [6, 6.07) is 14.9. The van der Waals surface area contributed by atoms with Crippen molar-refractivity contribution in [2.45, 2.75) is 65.5 Å². The van der Waals surface area contributed by atoms with Gasteiger partial charge in [0, 0.05) is 6.54 Å². The van der Waals surface area contributed by atoms with Crippen LogP contribution in [0.2, 0.25) is 0 Å². The first-order valence-electron chi connectivity index (χ1n) is 10.9. The van der Waals surface area contributed by atoms with Gasteiger partial charge in [0.25, 0.3) is 0 Å². The van der Waals surface area contributed by atoms with Gasteiger partial charge in [-0.25, -0.2) is 0 Å². The van der Waals surface area contributed by atoms with Crippen molar-refractivity contribution in [3.8, 4) is 17.2 Å². The molecule has 1 atom stereocenters. The van der Waals surface area contributed by atoms with Crippen molar-refractivity contribution in [1.29, 1.82) is 0 Å². The van der Waals surface area contributed by atoms with Crippen molar-refractivity contribution in [2.75, 3.05) is 13.3 Å². The molecule has 2 aromatic rings. The molecule has 0 aromatic heterocycles.